The van der Waals surface area contributed by atoms with Crippen LogP contribution < -0.4 is 0 Å². The average Bonchev–Trinajstić information content (AvgIpc) is 2.77. The Labute approximate surface area is 198 Å². The zero-order valence-electron chi connectivity index (χ0n) is 17.9. The molecule has 0 saturated heterocycles. The maximum absolute atomic E-state index is 13.4. The molecule has 1 aromatic rings. The minimum absolute atomic E-state index is 0.00225. The summed E-state index contributed by atoms with van der Waals surface area (Å²) in [5.74, 6) is -2.30. The van der Waals surface area contributed by atoms with Crippen LogP contribution in [0.15, 0.2) is 29.4 Å². The fourth-order valence-electron chi connectivity index (χ4n) is 1.90. The van der Waals surface area contributed by atoms with Gasteiger partial charge in [0, 0.05) is 10.6 Å². The van der Waals surface area contributed by atoms with Gasteiger partial charge in [0.05, 0.1) is 26.4 Å². The first-order valence-corrected chi connectivity index (χ1v) is 12.2. The largest absolute Gasteiger partial charge is 0.462 e. The highest BCUT2D eigenvalue weighted by atomic mass is 79.9. The summed E-state index contributed by atoms with van der Waals surface area (Å²) in [5, 5.41) is 4.10. The second-order valence-electron chi connectivity index (χ2n) is 5.51. The van der Waals surface area contributed by atoms with Gasteiger partial charge in [-0.25, -0.2) is 23.9 Å². The van der Waals surface area contributed by atoms with E-state index in [4.69, 9.17) is 45.0 Å². The molecule has 0 aliphatic heterocycles. The smallest absolute Gasteiger partial charge is 0.437 e. The van der Waals surface area contributed by atoms with Crippen molar-refractivity contribution >= 4 is 52.5 Å². The molecule has 0 radical (unpaired) electrons. The van der Waals surface area contributed by atoms with Crippen LogP contribution in [0, 0.1) is 0 Å². The van der Waals surface area contributed by atoms with Crippen LogP contribution in [0.5, 0.6) is 0 Å². The highest BCUT2D eigenvalue weighted by Gasteiger charge is 2.51. The predicted octanol–water partition coefficient (Wildman–Crippen LogP) is 4.36. The standard InChI is InChI=1S/C18H24BrClNO10P/c1-5-25-16(22)18(19,17(23)26-6-2)29-21-15(13-9-11-14(20)12-10-13)32(24,30-27-7-3)31-28-8-4/h9-12H,5-8H2,1-4H3/b21-15-. The molecule has 0 bridgehead atoms. The predicted molar refractivity (Wildman–Crippen MR) is 117 cm³/mol. The van der Waals surface area contributed by atoms with Crippen molar-refractivity contribution in [3.05, 3.63) is 34.9 Å². The van der Waals surface area contributed by atoms with Gasteiger partial charge in [-0.1, -0.05) is 28.9 Å². The van der Waals surface area contributed by atoms with Crippen LogP contribution in [0.25, 0.3) is 0 Å². The van der Waals surface area contributed by atoms with Crippen molar-refractivity contribution < 1.29 is 47.6 Å². The first kappa shape index (κ1) is 28.5. The average molecular weight is 561 g/mol. The van der Waals surface area contributed by atoms with Crippen LogP contribution in [0.4, 0.5) is 0 Å². The minimum Gasteiger partial charge on any atom is -0.462 e. The summed E-state index contributed by atoms with van der Waals surface area (Å²) < 4.78 is 30.5. The van der Waals surface area contributed by atoms with E-state index in [1.54, 1.807) is 13.8 Å². The topological polar surface area (TPSA) is 128 Å². The quantitative estimate of drug-likeness (QED) is 0.0615. The van der Waals surface area contributed by atoms with Crippen molar-refractivity contribution in [3.8, 4) is 0 Å². The van der Waals surface area contributed by atoms with Crippen LogP contribution in [-0.2, 0) is 47.6 Å². The lowest BCUT2D eigenvalue weighted by molar-refractivity contribution is -0.259. The molecule has 0 fully saturated rings. The third-order valence-corrected chi connectivity index (χ3v) is 5.74. The van der Waals surface area contributed by atoms with Gasteiger partial charge in [-0.3, -0.25) is 0 Å². The van der Waals surface area contributed by atoms with Gasteiger partial charge in [-0.05, 0) is 55.8 Å². The van der Waals surface area contributed by atoms with Gasteiger partial charge in [0.15, 0.2) is 0 Å². The zero-order valence-corrected chi connectivity index (χ0v) is 21.1. The number of alkyl halides is 1. The Hall–Kier alpha value is -1.53. The molecule has 1 aromatic carbocycles. The van der Waals surface area contributed by atoms with Crippen molar-refractivity contribution in [1.82, 2.24) is 0 Å². The van der Waals surface area contributed by atoms with E-state index in [9.17, 15) is 14.2 Å². The zero-order chi connectivity index (χ0) is 24.2. The van der Waals surface area contributed by atoms with Gasteiger partial charge in [0.25, 0.3) is 0 Å². The number of ether oxygens (including phenoxy) is 2. The lowest BCUT2D eigenvalue weighted by Crippen LogP contribution is -2.45. The highest BCUT2D eigenvalue weighted by molar-refractivity contribution is 9.10. The molecule has 0 aliphatic carbocycles. The summed E-state index contributed by atoms with van der Waals surface area (Å²) in [5.41, 5.74) is -0.354. The minimum atomic E-state index is -4.46. The van der Waals surface area contributed by atoms with Crippen LogP contribution in [0.1, 0.15) is 33.3 Å². The molecule has 0 heterocycles. The van der Waals surface area contributed by atoms with Crippen molar-refractivity contribution in [2.75, 3.05) is 26.4 Å². The number of oxime groups is 1. The summed E-state index contributed by atoms with van der Waals surface area (Å²) in [6.07, 6.45) is 0. The fraction of sp³-hybridized carbons (Fsp3) is 0.500. The molecule has 1 rings (SSSR count). The summed E-state index contributed by atoms with van der Waals surface area (Å²) in [4.78, 5) is 39.6. The number of hydrogen-bond acceptors (Lipinski definition) is 11. The van der Waals surface area contributed by atoms with Gasteiger partial charge < -0.3 is 14.3 Å². The van der Waals surface area contributed by atoms with Crippen LogP contribution in [0.2, 0.25) is 5.02 Å². The first-order chi connectivity index (χ1) is 15.2. The Kier molecular flexibility index (Phi) is 12.4. The molecular weight excluding hydrogens is 537 g/mol. The maximum Gasteiger partial charge on any atom is 0.437 e. The van der Waals surface area contributed by atoms with E-state index < -0.39 is 29.5 Å². The molecular formula is C18H24BrClNO10P. The Morgan fingerprint density at radius 2 is 1.41 bits per heavy atom. The van der Waals surface area contributed by atoms with E-state index in [1.807, 2.05) is 0 Å². The van der Waals surface area contributed by atoms with E-state index in [0.717, 1.165) is 0 Å². The number of hydrogen-bond donors (Lipinski definition) is 0. The number of carbonyl (C=O) groups excluding carboxylic acids is 2. The Balaban J connectivity index is 3.55. The number of esters is 2. The molecule has 0 aromatic heterocycles. The summed E-state index contributed by atoms with van der Waals surface area (Å²) in [6.45, 7) is 6.07. The molecule has 11 nitrogen and oxygen atoms in total. The second kappa shape index (κ2) is 13.9. The monoisotopic (exact) mass is 559 g/mol. The van der Waals surface area contributed by atoms with Gasteiger partial charge >= 0.3 is 24.0 Å². The van der Waals surface area contributed by atoms with Crippen LogP contribution >= 0.6 is 35.1 Å². The Morgan fingerprint density at radius 3 is 1.81 bits per heavy atom. The molecule has 14 heteroatoms. The van der Waals surface area contributed by atoms with E-state index in [0.29, 0.717) is 5.02 Å². The van der Waals surface area contributed by atoms with Crippen LogP contribution in [-0.4, -0.2) is 48.3 Å². The molecule has 0 amide bonds. The molecule has 0 unspecified atom stereocenters. The molecule has 180 valence electrons. The fourth-order valence-corrected chi connectivity index (χ4v) is 3.59. The number of carbonyl (C=O) groups is 2. The SMILES string of the molecule is CCOOP(=O)(OOCC)/C(=N\OC(Br)(C(=O)OCC)C(=O)OCC)c1ccc(Cl)cc1. The summed E-state index contributed by atoms with van der Waals surface area (Å²) in [6, 6.07) is 5.78. The number of rotatable bonds is 14. The van der Waals surface area contributed by atoms with Crippen LogP contribution in [0.3, 0.4) is 0 Å². The molecule has 0 atom stereocenters. The number of benzene rings is 1. The van der Waals surface area contributed by atoms with Gasteiger partial charge in [0.2, 0.25) is 5.45 Å². The third kappa shape index (κ3) is 7.80. The van der Waals surface area contributed by atoms with Gasteiger partial charge in [0.1, 0.15) is 0 Å². The molecule has 0 saturated carbocycles. The molecule has 0 spiro atoms. The third-order valence-electron chi connectivity index (χ3n) is 3.23. The first-order valence-electron chi connectivity index (χ1n) is 9.46. The Morgan fingerprint density at radius 1 is 0.938 bits per heavy atom. The van der Waals surface area contributed by atoms with E-state index in [2.05, 4.69) is 21.1 Å². The number of nitrogens with zero attached hydrogens (tertiary/aromatic N) is 1. The van der Waals surface area contributed by atoms with Crippen molar-refractivity contribution in [2.24, 2.45) is 5.16 Å². The second-order valence-corrected chi connectivity index (χ2v) is 8.78. The Bertz CT molecular complexity index is 806. The molecule has 0 aliphatic rings. The van der Waals surface area contributed by atoms with Crippen molar-refractivity contribution in [1.29, 1.82) is 0 Å². The summed E-state index contributed by atoms with van der Waals surface area (Å²) in [7, 11) is -4.46. The molecule has 32 heavy (non-hydrogen) atoms. The van der Waals surface area contributed by atoms with E-state index in [-0.39, 0.29) is 32.0 Å². The van der Waals surface area contributed by atoms with Gasteiger partial charge in [-0.15, -0.1) is 9.35 Å². The van der Waals surface area contributed by atoms with E-state index in [1.165, 1.54) is 38.1 Å². The highest BCUT2D eigenvalue weighted by Crippen LogP contribution is 2.52. The molecule has 0 N–H and O–H groups in total. The van der Waals surface area contributed by atoms with Crippen molar-refractivity contribution in [2.45, 2.75) is 32.2 Å². The van der Waals surface area contributed by atoms with Gasteiger partial charge in [-0.2, -0.15) is 0 Å². The lowest BCUT2D eigenvalue weighted by Gasteiger charge is -2.22. The maximum atomic E-state index is 13.4. The number of halogens is 2. The van der Waals surface area contributed by atoms with Crippen molar-refractivity contribution in [3.63, 3.8) is 0 Å². The summed E-state index contributed by atoms with van der Waals surface area (Å²) >= 11 is 8.79. The lowest BCUT2D eigenvalue weighted by atomic mass is 10.2. The normalized spacial score (nSPS) is 12.4. The van der Waals surface area contributed by atoms with E-state index >= 15 is 0 Å².